The minimum Gasteiger partial charge on any atom is -0.491 e. The van der Waals surface area contributed by atoms with Crippen molar-refractivity contribution in [3.63, 3.8) is 0 Å². The van der Waals surface area contributed by atoms with Crippen molar-refractivity contribution in [2.24, 2.45) is 5.92 Å². The first-order chi connectivity index (χ1) is 19.9. The van der Waals surface area contributed by atoms with E-state index in [4.69, 9.17) is 9.15 Å². The molecule has 7 rings (SSSR count). The number of fused-ring (bicyclic) bond motifs is 6. The van der Waals surface area contributed by atoms with Gasteiger partial charge in [-0.25, -0.2) is 0 Å². The van der Waals surface area contributed by atoms with Crippen molar-refractivity contribution in [1.29, 1.82) is 0 Å². The van der Waals surface area contributed by atoms with E-state index in [1.54, 1.807) is 36.4 Å². The van der Waals surface area contributed by atoms with Gasteiger partial charge in [0.1, 0.15) is 17.2 Å². The molecule has 1 fully saturated rings. The topological polar surface area (TPSA) is 88.9 Å². The van der Waals surface area contributed by atoms with E-state index in [9.17, 15) is 14.4 Å². The van der Waals surface area contributed by atoms with Gasteiger partial charge in [-0.1, -0.05) is 42.5 Å². The van der Waals surface area contributed by atoms with Gasteiger partial charge in [-0.05, 0) is 79.1 Å². The summed E-state index contributed by atoms with van der Waals surface area (Å²) in [5, 5.41) is 3.05. The molecule has 41 heavy (non-hydrogen) atoms. The molecule has 1 spiro atoms. The standard InChI is InChI=1S/C34H28N2O5/c1-20(2)41-23-15-13-22(14-16-23)30(37)29-28(31(38)27-12-7-19-40-27)34(25-10-5-6-11-26(25)35-33(34)39)32-24-9-4-3-8-21(24)17-18-36(29)32/h3-20,28-29,32H,1-2H3,(H,35,39)/t28-,29-,32+,34+/m0/s1. The molecule has 1 amide bonds. The van der Waals surface area contributed by atoms with Crippen LogP contribution >= 0.6 is 0 Å². The molecule has 1 saturated heterocycles. The number of amides is 1. The number of ether oxygens (including phenoxy) is 1. The van der Waals surface area contributed by atoms with Gasteiger partial charge in [0, 0.05) is 17.5 Å². The Morgan fingerprint density at radius 3 is 2.44 bits per heavy atom. The van der Waals surface area contributed by atoms with Gasteiger partial charge < -0.3 is 19.4 Å². The van der Waals surface area contributed by atoms with Crippen molar-refractivity contribution in [1.82, 2.24) is 4.90 Å². The highest BCUT2D eigenvalue weighted by Crippen LogP contribution is 2.62. The highest BCUT2D eigenvalue weighted by molar-refractivity contribution is 6.16. The van der Waals surface area contributed by atoms with E-state index in [0.717, 1.165) is 11.1 Å². The second kappa shape index (κ2) is 9.34. The zero-order valence-electron chi connectivity index (χ0n) is 22.6. The maximum Gasteiger partial charge on any atom is 0.238 e. The quantitative estimate of drug-likeness (QED) is 0.298. The van der Waals surface area contributed by atoms with E-state index < -0.39 is 23.4 Å². The molecule has 0 saturated carbocycles. The highest BCUT2D eigenvalue weighted by atomic mass is 16.5. The number of carbonyl (C=O) groups excluding carboxylic acids is 3. The van der Waals surface area contributed by atoms with E-state index in [1.807, 2.05) is 79.6 Å². The molecule has 7 heteroatoms. The van der Waals surface area contributed by atoms with Gasteiger partial charge in [-0.15, -0.1) is 0 Å². The number of furan rings is 1. The molecule has 1 aromatic heterocycles. The molecule has 4 heterocycles. The molecule has 3 aliphatic rings. The fraction of sp³-hybridized carbons (Fsp3) is 0.206. The van der Waals surface area contributed by atoms with Crippen LogP contribution in [0.2, 0.25) is 0 Å². The van der Waals surface area contributed by atoms with E-state index in [0.29, 0.717) is 22.6 Å². The zero-order valence-corrected chi connectivity index (χ0v) is 22.6. The SMILES string of the molecule is CC(C)Oc1ccc(C(=O)[C@@H]2[C@@H](C(=O)c3ccco3)[C@@]3(C(=O)Nc4ccccc43)[C@H]3c4ccccc4C=CN23)cc1. The number of Topliss-reactive ketones (excluding diaryl/α,β-unsaturated/α-hetero) is 2. The molecule has 3 aromatic carbocycles. The third-order valence-corrected chi connectivity index (χ3v) is 8.40. The Labute approximate surface area is 237 Å². The third-order valence-electron chi connectivity index (χ3n) is 8.40. The van der Waals surface area contributed by atoms with Crippen molar-refractivity contribution in [3.05, 3.63) is 125 Å². The summed E-state index contributed by atoms with van der Waals surface area (Å²) in [4.78, 5) is 45.4. The van der Waals surface area contributed by atoms with E-state index in [1.165, 1.54) is 6.26 Å². The summed E-state index contributed by atoms with van der Waals surface area (Å²) in [6.45, 7) is 3.88. The summed E-state index contributed by atoms with van der Waals surface area (Å²) < 4.78 is 11.4. The average Bonchev–Trinajstić information content (AvgIpc) is 3.69. The lowest BCUT2D eigenvalue weighted by Crippen LogP contribution is -2.49. The van der Waals surface area contributed by atoms with Crippen LogP contribution in [-0.4, -0.2) is 34.5 Å². The van der Waals surface area contributed by atoms with Crippen LogP contribution in [0.3, 0.4) is 0 Å². The van der Waals surface area contributed by atoms with Crippen LogP contribution in [0.25, 0.3) is 6.08 Å². The first-order valence-corrected chi connectivity index (χ1v) is 13.8. The van der Waals surface area contributed by atoms with Gasteiger partial charge in [0.25, 0.3) is 0 Å². The molecule has 1 N–H and O–H groups in total. The normalized spacial score (nSPS) is 23.7. The Bertz CT molecular complexity index is 1710. The Morgan fingerprint density at radius 1 is 0.927 bits per heavy atom. The Morgan fingerprint density at radius 2 is 1.68 bits per heavy atom. The monoisotopic (exact) mass is 544 g/mol. The molecule has 4 atom stereocenters. The summed E-state index contributed by atoms with van der Waals surface area (Å²) in [5.74, 6) is -1.26. The fourth-order valence-electron chi connectivity index (χ4n) is 6.88. The first-order valence-electron chi connectivity index (χ1n) is 13.8. The summed E-state index contributed by atoms with van der Waals surface area (Å²) >= 11 is 0. The van der Waals surface area contributed by atoms with Crippen LogP contribution in [0, 0.1) is 5.92 Å². The summed E-state index contributed by atoms with van der Waals surface area (Å²) in [5.41, 5.74) is 2.21. The second-order valence-electron chi connectivity index (χ2n) is 11.0. The predicted molar refractivity (Wildman–Crippen MR) is 154 cm³/mol. The highest BCUT2D eigenvalue weighted by Gasteiger charge is 2.71. The Hall–Kier alpha value is -4.91. The van der Waals surface area contributed by atoms with Gasteiger partial charge in [-0.3, -0.25) is 14.4 Å². The summed E-state index contributed by atoms with van der Waals surface area (Å²) in [6, 6.07) is 23.9. The van der Waals surface area contributed by atoms with Gasteiger partial charge in [-0.2, -0.15) is 0 Å². The molecule has 0 bridgehead atoms. The van der Waals surface area contributed by atoms with Crippen LogP contribution in [0.4, 0.5) is 5.69 Å². The average molecular weight is 545 g/mol. The smallest absolute Gasteiger partial charge is 0.238 e. The van der Waals surface area contributed by atoms with Gasteiger partial charge in [0.15, 0.2) is 11.5 Å². The van der Waals surface area contributed by atoms with Crippen LogP contribution in [0.15, 0.2) is 102 Å². The summed E-state index contributed by atoms with van der Waals surface area (Å²) in [6.07, 6.45) is 5.22. The van der Waals surface area contributed by atoms with E-state index in [-0.39, 0.29) is 29.3 Å². The molecular weight excluding hydrogens is 516 g/mol. The number of anilines is 1. The molecule has 0 aliphatic carbocycles. The number of nitrogens with one attached hydrogen (secondary N) is 1. The maximum atomic E-state index is 14.6. The lowest BCUT2D eigenvalue weighted by Gasteiger charge is -2.38. The minimum absolute atomic E-state index is 0.0122. The molecule has 3 aliphatic heterocycles. The largest absolute Gasteiger partial charge is 0.491 e. The molecule has 0 radical (unpaired) electrons. The predicted octanol–water partition coefficient (Wildman–Crippen LogP) is 6.05. The van der Waals surface area contributed by atoms with Crippen molar-refractivity contribution >= 4 is 29.2 Å². The molecule has 204 valence electrons. The van der Waals surface area contributed by atoms with Crippen molar-refractivity contribution < 1.29 is 23.5 Å². The maximum absolute atomic E-state index is 14.6. The number of hydrogen-bond acceptors (Lipinski definition) is 6. The van der Waals surface area contributed by atoms with Gasteiger partial charge >= 0.3 is 0 Å². The van der Waals surface area contributed by atoms with Crippen LogP contribution in [-0.2, 0) is 10.2 Å². The zero-order chi connectivity index (χ0) is 28.3. The lowest BCUT2D eigenvalue weighted by molar-refractivity contribution is -0.122. The van der Waals surface area contributed by atoms with Crippen LogP contribution in [0.5, 0.6) is 5.75 Å². The van der Waals surface area contributed by atoms with Crippen LogP contribution in [0.1, 0.15) is 57.5 Å². The molecule has 7 nitrogen and oxygen atoms in total. The number of hydrogen-bond donors (Lipinski definition) is 1. The number of para-hydroxylation sites is 1. The minimum atomic E-state index is -1.39. The van der Waals surface area contributed by atoms with Gasteiger partial charge in [0.2, 0.25) is 11.7 Å². The first kappa shape index (κ1) is 25.1. The van der Waals surface area contributed by atoms with Crippen molar-refractivity contribution in [2.45, 2.75) is 37.5 Å². The number of nitrogens with zero attached hydrogens (tertiary/aromatic N) is 1. The Kier molecular flexibility index (Phi) is 5.71. The Balaban J connectivity index is 1.47. The molecular formula is C34H28N2O5. The number of rotatable bonds is 6. The van der Waals surface area contributed by atoms with Crippen molar-refractivity contribution in [3.8, 4) is 5.75 Å². The van der Waals surface area contributed by atoms with Gasteiger partial charge in [0.05, 0.1) is 24.3 Å². The molecule has 4 aromatic rings. The fourth-order valence-corrected chi connectivity index (χ4v) is 6.88. The molecule has 0 unspecified atom stereocenters. The second-order valence-corrected chi connectivity index (χ2v) is 11.0. The number of carbonyl (C=O) groups is 3. The van der Waals surface area contributed by atoms with Crippen molar-refractivity contribution in [2.75, 3.05) is 5.32 Å². The van der Waals surface area contributed by atoms with Crippen LogP contribution < -0.4 is 10.1 Å². The number of ketones is 2. The third kappa shape index (κ3) is 3.62. The lowest BCUT2D eigenvalue weighted by atomic mass is 9.63. The number of benzene rings is 3. The summed E-state index contributed by atoms with van der Waals surface area (Å²) in [7, 11) is 0. The van der Waals surface area contributed by atoms with E-state index in [2.05, 4.69) is 5.32 Å². The van der Waals surface area contributed by atoms with E-state index >= 15 is 0 Å².